The molecule has 3 rings (SSSR count). The molecular weight excluding hydrogens is 358 g/mol. The minimum absolute atomic E-state index is 0.159. The molecular formula is C18H15NO8. The number of hydrogen-bond donors (Lipinski definition) is 0. The van der Waals surface area contributed by atoms with Crippen molar-refractivity contribution in [3.8, 4) is 17.2 Å². The van der Waals surface area contributed by atoms with Gasteiger partial charge in [0.05, 0.1) is 12.0 Å². The van der Waals surface area contributed by atoms with Crippen LogP contribution in [0, 0.1) is 10.1 Å². The average molecular weight is 373 g/mol. The lowest BCUT2D eigenvalue weighted by Gasteiger charge is -2.31. The number of nitrogens with zero attached hydrogens (tertiary/aromatic N) is 1. The highest BCUT2D eigenvalue weighted by Crippen LogP contribution is 2.35. The number of nitro groups is 1. The topological polar surface area (TPSA) is 114 Å². The van der Waals surface area contributed by atoms with E-state index in [0.29, 0.717) is 5.75 Å². The summed E-state index contributed by atoms with van der Waals surface area (Å²) in [6.07, 6.45) is 0. The molecule has 0 unspecified atom stereocenters. The number of cyclic esters (lactones) is 1. The van der Waals surface area contributed by atoms with Gasteiger partial charge in [0.15, 0.2) is 0 Å². The Balaban J connectivity index is 1.92. The van der Waals surface area contributed by atoms with Gasteiger partial charge in [0.2, 0.25) is 5.79 Å². The summed E-state index contributed by atoms with van der Waals surface area (Å²) >= 11 is 0. The van der Waals surface area contributed by atoms with Crippen molar-refractivity contribution in [3.05, 3.63) is 57.6 Å². The second kappa shape index (κ2) is 6.60. The first-order valence-corrected chi connectivity index (χ1v) is 7.81. The predicted octanol–water partition coefficient (Wildman–Crippen LogP) is 3.46. The third-order valence-electron chi connectivity index (χ3n) is 3.67. The fourth-order valence-corrected chi connectivity index (χ4v) is 2.53. The standard InChI is InChI=1S/C18H15NO8/c1-18(2)26-15-7-5-11(9-13(15)17(21)27-18)25-10-4-6-14(19(22)23)12(8-10)16(20)24-3/h4-9H,1-3H3. The van der Waals surface area contributed by atoms with E-state index in [9.17, 15) is 19.7 Å². The molecule has 0 aliphatic carbocycles. The summed E-state index contributed by atoms with van der Waals surface area (Å²) in [7, 11) is 1.12. The van der Waals surface area contributed by atoms with Crippen LogP contribution in [-0.4, -0.2) is 29.8 Å². The molecule has 9 nitrogen and oxygen atoms in total. The number of nitro benzene ring substituents is 1. The minimum Gasteiger partial charge on any atom is -0.465 e. The molecule has 0 saturated carbocycles. The highest BCUT2D eigenvalue weighted by atomic mass is 16.7. The molecule has 0 N–H and O–H groups in total. The van der Waals surface area contributed by atoms with Crippen LogP contribution in [0.15, 0.2) is 36.4 Å². The summed E-state index contributed by atoms with van der Waals surface area (Å²) in [6, 6.07) is 8.21. The van der Waals surface area contributed by atoms with Crippen LogP contribution in [0.1, 0.15) is 34.6 Å². The van der Waals surface area contributed by atoms with E-state index in [0.717, 1.165) is 13.2 Å². The Morgan fingerprint density at radius 1 is 1.11 bits per heavy atom. The molecule has 2 aromatic carbocycles. The smallest absolute Gasteiger partial charge is 0.345 e. The van der Waals surface area contributed by atoms with E-state index in [2.05, 4.69) is 4.74 Å². The average Bonchev–Trinajstić information content (AvgIpc) is 2.60. The van der Waals surface area contributed by atoms with E-state index in [1.807, 2.05) is 0 Å². The lowest BCUT2D eigenvalue weighted by molar-refractivity contribution is -0.385. The first kappa shape index (κ1) is 18.2. The molecule has 2 aromatic rings. The SMILES string of the molecule is COC(=O)c1cc(Oc2ccc3c(c2)C(=O)OC(C)(C)O3)ccc1[N+](=O)[O-]. The maximum absolute atomic E-state index is 12.1. The summed E-state index contributed by atoms with van der Waals surface area (Å²) in [5.74, 6) is -1.73. The van der Waals surface area contributed by atoms with E-state index in [1.165, 1.54) is 18.2 Å². The molecule has 1 aliphatic heterocycles. The van der Waals surface area contributed by atoms with Crippen LogP contribution in [0.25, 0.3) is 0 Å². The number of carbonyl (C=O) groups is 2. The maximum Gasteiger partial charge on any atom is 0.345 e. The highest BCUT2D eigenvalue weighted by molar-refractivity contribution is 5.95. The van der Waals surface area contributed by atoms with E-state index in [1.54, 1.807) is 26.0 Å². The van der Waals surface area contributed by atoms with Crippen LogP contribution in [0.2, 0.25) is 0 Å². The third kappa shape index (κ3) is 3.66. The fraction of sp³-hybridized carbons (Fsp3) is 0.222. The Kier molecular flexibility index (Phi) is 4.44. The van der Waals surface area contributed by atoms with Crippen LogP contribution >= 0.6 is 0 Å². The molecule has 0 fully saturated rings. The number of fused-ring (bicyclic) bond motifs is 1. The zero-order valence-electron chi connectivity index (χ0n) is 14.7. The molecule has 0 amide bonds. The summed E-state index contributed by atoms with van der Waals surface area (Å²) in [4.78, 5) is 34.3. The van der Waals surface area contributed by atoms with Crippen molar-refractivity contribution in [1.29, 1.82) is 0 Å². The molecule has 0 atom stereocenters. The second-order valence-corrected chi connectivity index (χ2v) is 6.08. The highest BCUT2D eigenvalue weighted by Gasteiger charge is 2.34. The number of methoxy groups -OCH3 is 1. The van der Waals surface area contributed by atoms with Gasteiger partial charge < -0.3 is 18.9 Å². The van der Waals surface area contributed by atoms with Gasteiger partial charge in [-0.3, -0.25) is 10.1 Å². The van der Waals surface area contributed by atoms with Crippen molar-refractivity contribution in [2.75, 3.05) is 7.11 Å². The van der Waals surface area contributed by atoms with E-state index >= 15 is 0 Å². The van der Waals surface area contributed by atoms with Crippen molar-refractivity contribution < 1.29 is 33.5 Å². The van der Waals surface area contributed by atoms with Crippen LogP contribution in [0.5, 0.6) is 17.2 Å². The normalized spacial score (nSPS) is 14.4. The van der Waals surface area contributed by atoms with E-state index in [4.69, 9.17) is 14.2 Å². The second-order valence-electron chi connectivity index (χ2n) is 6.08. The lowest BCUT2D eigenvalue weighted by atomic mass is 10.1. The number of benzene rings is 2. The largest absolute Gasteiger partial charge is 0.465 e. The number of rotatable bonds is 4. The molecule has 0 bridgehead atoms. The Morgan fingerprint density at radius 2 is 1.78 bits per heavy atom. The molecule has 27 heavy (non-hydrogen) atoms. The molecule has 1 aliphatic rings. The summed E-state index contributed by atoms with van der Waals surface area (Å²) in [6.45, 7) is 3.23. The maximum atomic E-state index is 12.1. The quantitative estimate of drug-likeness (QED) is 0.455. The summed E-state index contributed by atoms with van der Waals surface area (Å²) in [5, 5.41) is 11.1. The molecule has 0 saturated heterocycles. The molecule has 0 aromatic heterocycles. The zero-order chi connectivity index (χ0) is 19.8. The van der Waals surface area contributed by atoms with E-state index < -0.39 is 28.3 Å². The third-order valence-corrected chi connectivity index (χ3v) is 3.67. The molecule has 1 heterocycles. The summed E-state index contributed by atoms with van der Waals surface area (Å²) < 4.78 is 20.9. The Morgan fingerprint density at radius 3 is 2.44 bits per heavy atom. The Labute approximate surface area is 153 Å². The Bertz CT molecular complexity index is 950. The van der Waals surface area contributed by atoms with Gasteiger partial charge in [-0.05, 0) is 24.3 Å². The molecule has 0 spiro atoms. The first-order valence-electron chi connectivity index (χ1n) is 7.81. The molecule has 0 radical (unpaired) electrons. The van der Waals surface area contributed by atoms with Crippen molar-refractivity contribution in [2.24, 2.45) is 0 Å². The van der Waals surface area contributed by atoms with Gasteiger partial charge in [-0.15, -0.1) is 0 Å². The van der Waals surface area contributed by atoms with Gasteiger partial charge in [-0.1, -0.05) is 0 Å². The first-order chi connectivity index (χ1) is 12.7. The molecule has 140 valence electrons. The van der Waals surface area contributed by atoms with Crippen molar-refractivity contribution in [1.82, 2.24) is 0 Å². The fourth-order valence-electron chi connectivity index (χ4n) is 2.53. The van der Waals surface area contributed by atoms with Crippen molar-refractivity contribution in [2.45, 2.75) is 19.6 Å². The summed E-state index contributed by atoms with van der Waals surface area (Å²) in [5.41, 5.74) is -0.469. The van der Waals surface area contributed by atoms with Crippen molar-refractivity contribution >= 4 is 17.6 Å². The van der Waals surface area contributed by atoms with Crippen LogP contribution in [-0.2, 0) is 9.47 Å². The van der Waals surface area contributed by atoms with Gasteiger partial charge >= 0.3 is 11.9 Å². The zero-order valence-corrected chi connectivity index (χ0v) is 14.7. The predicted molar refractivity (Wildman–Crippen MR) is 91.1 cm³/mol. The lowest BCUT2D eigenvalue weighted by Crippen LogP contribution is -2.38. The molecule has 9 heteroatoms. The number of ether oxygens (including phenoxy) is 4. The Hall–Kier alpha value is -3.62. The van der Waals surface area contributed by atoms with E-state index in [-0.39, 0.29) is 22.6 Å². The van der Waals surface area contributed by atoms with Gasteiger partial charge in [0.25, 0.3) is 5.69 Å². The number of esters is 2. The van der Waals surface area contributed by atoms with Gasteiger partial charge in [-0.25, -0.2) is 9.59 Å². The van der Waals surface area contributed by atoms with Crippen molar-refractivity contribution in [3.63, 3.8) is 0 Å². The van der Waals surface area contributed by atoms with Crippen LogP contribution in [0.4, 0.5) is 5.69 Å². The monoisotopic (exact) mass is 373 g/mol. The van der Waals surface area contributed by atoms with Crippen LogP contribution in [0.3, 0.4) is 0 Å². The van der Waals surface area contributed by atoms with Gasteiger partial charge in [0, 0.05) is 26.0 Å². The van der Waals surface area contributed by atoms with Gasteiger partial charge in [0.1, 0.15) is 28.4 Å². The minimum atomic E-state index is -1.07. The van der Waals surface area contributed by atoms with Crippen LogP contribution < -0.4 is 9.47 Å². The van der Waals surface area contributed by atoms with Gasteiger partial charge in [-0.2, -0.15) is 0 Å². The number of hydrogen-bond acceptors (Lipinski definition) is 8. The number of carbonyl (C=O) groups excluding carboxylic acids is 2.